The quantitative estimate of drug-likeness (QED) is 0.398. The van der Waals surface area contributed by atoms with Gasteiger partial charge in [0.1, 0.15) is 5.82 Å². The first-order valence-electron chi connectivity index (χ1n) is 10.1. The number of hydrogen-bond donors (Lipinski definition) is 2. The smallest absolute Gasteiger partial charge is 0.261 e. The molecular weight excluding hydrogens is 470 g/mol. The lowest BCUT2D eigenvalue weighted by Crippen LogP contribution is -2.29. The maximum absolute atomic E-state index is 13.4. The minimum absolute atomic E-state index is 0.0114. The topological polar surface area (TPSA) is 58.2 Å². The largest absolute Gasteiger partial charge is 0.378 e. The number of halogens is 3. The zero-order valence-electron chi connectivity index (χ0n) is 16.7. The van der Waals surface area contributed by atoms with Crippen LogP contribution in [0.25, 0.3) is 0 Å². The molecule has 0 saturated heterocycles. The van der Waals surface area contributed by atoms with Crippen LogP contribution in [0.15, 0.2) is 77.7 Å². The average Bonchev–Trinajstić information content (AvgIpc) is 3.22. The molecule has 8 heteroatoms. The van der Waals surface area contributed by atoms with Gasteiger partial charge in [-0.3, -0.25) is 4.72 Å². The molecule has 1 aliphatic carbocycles. The maximum Gasteiger partial charge on any atom is 0.261 e. The lowest BCUT2D eigenvalue weighted by molar-refractivity contribution is 0.424. The van der Waals surface area contributed by atoms with Crippen LogP contribution in [0.1, 0.15) is 29.5 Å². The predicted molar refractivity (Wildman–Crippen MR) is 126 cm³/mol. The Hall–Kier alpha value is -2.54. The molecule has 0 radical (unpaired) electrons. The Labute approximate surface area is 196 Å². The Morgan fingerprint density at radius 3 is 2.41 bits per heavy atom. The zero-order chi connectivity index (χ0) is 22.5. The molecule has 0 spiro atoms. The van der Waals surface area contributed by atoms with Gasteiger partial charge in [0.25, 0.3) is 10.0 Å². The summed E-state index contributed by atoms with van der Waals surface area (Å²) in [6.45, 7) is 0. The molecule has 3 aromatic carbocycles. The third-order valence-corrected chi connectivity index (χ3v) is 7.80. The van der Waals surface area contributed by atoms with Crippen LogP contribution in [0, 0.1) is 11.7 Å². The number of sulfonamides is 1. The van der Waals surface area contributed by atoms with Crippen molar-refractivity contribution in [3.8, 4) is 0 Å². The number of hydrogen-bond acceptors (Lipinski definition) is 3. The van der Waals surface area contributed by atoms with E-state index in [1.54, 1.807) is 30.3 Å². The van der Waals surface area contributed by atoms with Gasteiger partial charge in [0.05, 0.1) is 16.6 Å². The van der Waals surface area contributed by atoms with Gasteiger partial charge in [0.2, 0.25) is 0 Å². The fraction of sp³-hybridized carbons (Fsp3) is 0.167. The molecular formula is C24H19Cl2FN2O2S. The fourth-order valence-corrected chi connectivity index (χ4v) is 6.17. The van der Waals surface area contributed by atoms with Gasteiger partial charge in [0.15, 0.2) is 0 Å². The van der Waals surface area contributed by atoms with Gasteiger partial charge in [-0.25, -0.2) is 12.8 Å². The van der Waals surface area contributed by atoms with Crippen LogP contribution in [-0.2, 0) is 10.0 Å². The lowest BCUT2D eigenvalue weighted by Gasteiger charge is -2.37. The Balaban J connectivity index is 1.49. The van der Waals surface area contributed by atoms with E-state index in [9.17, 15) is 12.8 Å². The average molecular weight is 489 g/mol. The van der Waals surface area contributed by atoms with E-state index in [0.717, 1.165) is 23.2 Å². The van der Waals surface area contributed by atoms with Gasteiger partial charge >= 0.3 is 0 Å². The van der Waals surface area contributed by atoms with E-state index in [0.29, 0.717) is 15.7 Å². The molecule has 5 rings (SSSR count). The normalized spacial score (nSPS) is 21.5. The van der Waals surface area contributed by atoms with Gasteiger partial charge in [0, 0.05) is 21.7 Å². The third kappa shape index (κ3) is 3.98. The van der Waals surface area contributed by atoms with Crippen LogP contribution >= 0.6 is 23.2 Å². The van der Waals surface area contributed by atoms with Crippen molar-refractivity contribution in [2.45, 2.75) is 23.3 Å². The minimum Gasteiger partial charge on any atom is -0.378 e. The molecule has 1 heterocycles. The van der Waals surface area contributed by atoms with Gasteiger partial charge < -0.3 is 5.32 Å². The van der Waals surface area contributed by atoms with Crippen LogP contribution in [0.3, 0.4) is 0 Å². The summed E-state index contributed by atoms with van der Waals surface area (Å²) < 4.78 is 42.1. The number of fused-ring (bicyclic) bond motifs is 3. The Kier molecular flexibility index (Phi) is 5.40. The second-order valence-corrected chi connectivity index (χ2v) is 10.6. The van der Waals surface area contributed by atoms with Crippen LogP contribution < -0.4 is 10.0 Å². The van der Waals surface area contributed by atoms with Gasteiger partial charge in [-0.2, -0.15) is 0 Å². The molecule has 3 aromatic rings. The first-order chi connectivity index (χ1) is 15.3. The maximum atomic E-state index is 13.4. The van der Waals surface area contributed by atoms with Crippen molar-refractivity contribution in [2.24, 2.45) is 5.92 Å². The molecule has 3 atom stereocenters. The predicted octanol–water partition coefficient (Wildman–Crippen LogP) is 6.76. The second kappa shape index (κ2) is 8.10. The number of anilines is 2. The molecule has 0 amide bonds. The van der Waals surface area contributed by atoms with Crippen molar-refractivity contribution in [2.75, 3.05) is 10.0 Å². The summed E-state index contributed by atoms with van der Waals surface area (Å²) in [6.07, 6.45) is 5.10. The molecule has 2 aliphatic rings. The summed E-state index contributed by atoms with van der Waals surface area (Å²) >= 11 is 12.0. The van der Waals surface area contributed by atoms with Crippen molar-refractivity contribution in [3.05, 3.63) is 99.8 Å². The molecule has 4 nitrogen and oxygen atoms in total. The molecule has 0 bridgehead atoms. The van der Waals surface area contributed by atoms with Crippen molar-refractivity contribution < 1.29 is 12.8 Å². The number of benzene rings is 3. The molecule has 32 heavy (non-hydrogen) atoms. The van der Waals surface area contributed by atoms with Crippen molar-refractivity contribution in [1.82, 2.24) is 0 Å². The van der Waals surface area contributed by atoms with Gasteiger partial charge in [-0.1, -0.05) is 47.5 Å². The molecule has 2 N–H and O–H groups in total. The summed E-state index contributed by atoms with van der Waals surface area (Å²) in [6, 6.07) is 16.2. The van der Waals surface area contributed by atoms with Gasteiger partial charge in [-0.15, -0.1) is 0 Å². The fourth-order valence-electron chi connectivity index (χ4n) is 4.57. The van der Waals surface area contributed by atoms with E-state index in [4.69, 9.17) is 23.2 Å². The molecule has 0 fully saturated rings. The summed E-state index contributed by atoms with van der Waals surface area (Å²) in [5.74, 6) is 0.0112. The van der Waals surface area contributed by atoms with E-state index >= 15 is 0 Å². The molecule has 0 saturated carbocycles. The zero-order valence-corrected chi connectivity index (χ0v) is 19.1. The monoisotopic (exact) mass is 488 g/mol. The first kappa shape index (κ1) is 21.3. The standard InChI is InChI=1S/C24H19Cl2FN2O2S/c25-15-10-16(26)12-18(11-15)29-32(30,31)19-8-9-23-22(13-19)20-2-1-3-21(20)24(28-23)14-4-6-17(27)7-5-14/h1-2,4-13,20-21,24,28-29H,3H2/t20-,21+,24+/m0/s1. The van der Waals surface area contributed by atoms with Crippen LogP contribution in [0.2, 0.25) is 10.0 Å². The highest BCUT2D eigenvalue weighted by Crippen LogP contribution is 2.50. The highest BCUT2D eigenvalue weighted by molar-refractivity contribution is 7.92. The van der Waals surface area contributed by atoms with Gasteiger partial charge in [-0.05, 0) is 72.0 Å². The second-order valence-electron chi connectivity index (χ2n) is 8.04. The van der Waals surface area contributed by atoms with E-state index in [2.05, 4.69) is 22.2 Å². The van der Waals surface area contributed by atoms with Crippen LogP contribution in [0.4, 0.5) is 15.8 Å². The summed E-state index contributed by atoms with van der Waals surface area (Å²) in [4.78, 5) is 0.161. The SMILES string of the molecule is O=S(=O)(Nc1cc(Cl)cc(Cl)c1)c1ccc2c(c1)[C@H]1C=CC[C@H]1[C@@H](c1ccc(F)cc1)N2. The van der Waals surface area contributed by atoms with E-state index < -0.39 is 10.0 Å². The summed E-state index contributed by atoms with van der Waals surface area (Å²) in [5, 5.41) is 4.22. The molecule has 0 aromatic heterocycles. The number of rotatable bonds is 4. The van der Waals surface area contributed by atoms with E-state index in [1.807, 2.05) is 0 Å². The highest BCUT2D eigenvalue weighted by atomic mass is 35.5. The van der Waals surface area contributed by atoms with Crippen molar-refractivity contribution in [3.63, 3.8) is 0 Å². The minimum atomic E-state index is -3.84. The summed E-state index contributed by atoms with van der Waals surface area (Å²) in [7, 11) is -3.84. The summed E-state index contributed by atoms with van der Waals surface area (Å²) in [5.41, 5.74) is 3.10. The number of allylic oxidation sites excluding steroid dienone is 2. The van der Waals surface area contributed by atoms with Crippen molar-refractivity contribution in [1.29, 1.82) is 0 Å². The Morgan fingerprint density at radius 2 is 1.69 bits per heavy atom. The van der Waals surface area contributed by atoms with E-state index in [1.165, 1.54) is 30.3 Å². The molecule has 1 aliphatic heterocycles. The van der Waals surface area contributed by atoms with Crippen LogP contribution in [-0.4, -0.2) is 8.42 Å². The molecule has 164 valence electrons. The highest BCUT2D eigenvalue weighted by Gasteiger charge is 2.38. The Bertz CT molecular complexity index is 1310. The lowest BCUT2D eigenvalue weighted by atomic mass is 9.77. The van der Waals surface area contributed by atoms with Crippen LogP contribution in [0.5, 0.6) is 0 Å². The third-order valence-electron chi connectivity index (χ3n) is 5.99. The number of nitrogens with one attached hydrogen (secondary N) is 2. The van der Waals surface area contributed by atoms with E-state index in [-0.39, 0.29) is 28.6 Å². The first-order valence-corrected chi connectivity index (χ1v) is 12.4. The Morgan fingerprint density at radius 1 is 0.969 bits per heavy atom. The van der Waals surface area contributed by atoms with Crippen molar-refractivity contribution >= 4 is 44.6 Å². The molecule has 0 unspecified atom stereocenters.